The maximum atomic E-state index is 12.5. The van der Waals surface area contributed by atoms with Gasteiger partial charge in [-0.2, -0.15) is 0 Å². The van der Waals surface area contributed by atoms with E-state index in [9.17, 15) is 14.4 Å². The Morgan fingerprint density at radius 3 is 2.43 bits per heavy atom. The van der Waals surface area contributed by atoms with Crippen molar-refractivity contribution in [1.29, 1.82) is 0 Å². The van der Waals surface area contributed by atoms with Crippen LogP contribution in [0.5, 0.6) is 0 Å². The normalized spacial score (nSPS) is 10.7. The molecule has 6 nitrogen and oxygen atoms in total. The molecule has 0 fully saturated rings. The molecule has 0 saturated carbocycles. The number of carbonyl (C=O) groups excluding carboxylic acids is 1. The number of fused-ring (bicyclic) bond motifs is 1. The second-order valence-corrected chi connectivity index (χ2v) is 5.15. The Hall–Kier alpha value is -3.15. The molecule has 0 atom stereocenters. The van der Waals surface area contributed by atoms with Gasteiger partial charge in [0.15, 0.2) is 0 Å². The Kier molecular flexibility index (Phi) is 3.80. The van der Waals surface area contributed by atoms with E-state index < -0.39 is 11.1 Å². The van der Waals surface area contributed by atoms with Crippen LogP contribution in [0.15, 0.2) is 64.2 Å². The summed E-state index contributed by atoms with van der Waals surface area (Å²) in [5.74, 6) is -0.283. The van der Waals surface area contributed by atoms with Crippen LogP contribution in [0, 0.1) is 0 Å². The summed E-state index contributed by atoms with van der Waals surface area (Å²) in [5.41, 5.74) is 0.288. The average molecular weight is 309 g/mol. The Labute approximate surface area is 131 Å². The van der Waals surface area contributed by atoms with Crippen molar-refractivity contribution in [3.63, 3.8) is 0 Å². The number of anilines is 1. The first-order valence-corrected chi connectivity index (χ1v) is 7.11. The van der Waals surface area contributed by atoms with Gasteiger partial charge in [-0.15, -0.1) is 0 Å². The van der Waals surface area contributed by atoms with Crippen LogP contribution in [0.4, 0.5) is 5.69 Å². The first-order chi connectivity index (χ1) is 11.1. The van der Waals surface area contributed by atoms with Crippen LogP contribution < -0.4 is 16.0 Å². The molecule has 2 aromatic carbocycles. The largest absolute Gasteiger partial charge is 0.317 e. The summed E-state index contributed by atoms with van der Waals surface area (Å²) < 4.78 is 1.20. The van der Waals surface area contributed by atoms with Gasteiger partial charge in [-0.1, -0.05) is 30.3 Å². The highest BCUT2D eigenvalue weighted by molar-refractivity contribution is 5.93. The van der Waals surface area contributed by atoms with Crippen LogP contribution in [0.1, 0.15) is 0 Å². The van der Waals surface area contributed by atoms with Gasteiger partial charge in [0.05, 0.1) is 11.0 Å². The minimum Gasteiger partial charge on any atom is -0.316 e. The van der Waals surface area contributed by atoms with E-state index in [-0.39, 0.29) is 12.5 Å². The molecule has 0 saturated heterocycles. The molecule has 23 heavy (non-hydrogen) atoms. The smallest absolute Gasteiger partial charge is 0.316 e. The van der Waals surface area contributed by atoms with Crippen molar-refractivity contribution in [1.82, 2.24) is 9.55 Å². The van der Waals surface area contributed by atoms with Gasteiger partial charge >= 0.3 is 11.1 Å². The number of aromatic nitrogens is 2. The number of nitrogens with zero attached hydrogens (tertiary/aromatic N) is 2. The fourth-order valence-corrected chi connectivity index (χ4v) is 2.42. The fourth-order valence-electron chi connectivity index (χ4n) is 2.42. The number of hydrogen-bond acceptors (Lipinski definition) is 3. The molecule has 1 N–H and O–H groups in total. The topological polar surface area (TPSA) is 75.2 Å². The SMILES string of the molecule is CN(C(=O)Cn1c(=O)c(=O)[nH]c2ccccc21)c1ccccc1. The van der Waals surface area contributed by atoms with Crippen LogP contribution in [-0.2, 0) is 11.3 Å². The average Bonchev–Trinajstić information content (AvgIpc) is 2.59. The third-order valence-corrected chi connectivity index (χ3v) is 3.69. The summed E-state index contributed by atoms with van der Waals surface area (Å²) in [6.45, 7) is -0.200. The molecule has 0 unspecified atom stereocenters. The van der Waals surface area contributed by atoms with Gasteiger partial charge in [0.1, 0.15) is 6.54 Å². The van der Waals surface area contributed by atoms with Gasteiger partial charge in [-0.25, -0.2) is 0 Å². The third-order valence-electron chi connectivity index (χ3n) is 3.69. The Bertz CT molecular complexity index is 974. The van der Waals surface area contributed by atoms with Gasteiger partial charge in [0.25, 0.3) is 0 Å². The Morgan fingerprint density at radius 1 is 1.04 bits per heavy atom. The lowest BCUT2D eigenvalue weighted by molar-refractivity contribution is -0.118. The molecule has 0 aliphatic carbocycles. The van der Waals surface area contributed by atoms with Crippen molar-refractivity contribution in [2.45, 2.75) is 6.54 Å². The van der Waals surface area contributed by atoms with Crippen LogP contribution >= 0.6 is 0 Å². The maximum Gasteiger partial charge on any atom is 0.317 e. The fraction of sp³-hybridized carbons (Fsp3) is 0.118. The molecule has 0 aliphatic rings. The third kappa shape index (κ3) is 2.78. The number of hydrogen-bond donors (Lipinski definition) is 1. The zero-order valence-corrected chi connectivity index (χ0v) is 12.5. The van der Waals surface area contributed by atoms with Gasteiger partial charge in [0.2, 0.25) is 5.91 Å². The van der Waals surface area contributed by atoms with Gasteiger partial charge in [0, 0.05) is 12.7 Å². The van der Waals surface area contributed by atoms with E-state index >= 15 is 0 Å². The van der Waals surface area contributed by atoms with Crippen LogP contribution in [0.2, 0.25) is 0 Å². The molecule has 116 valence electrons. The highest BCUT2D eigenvalue weighted by Gasteiger charge is 2.15. The van der Waals surface area contributed by atoms with E-state index in [1.54, 1.807) is 43.4 Å². The summed E-state index contributed by atoms with van der Waals surface area (Å²) in [5, 5.41) is 0. The molecule has 0 bridgehead atoms. The number of benzene rings is 2. The van der Waals surface area contributed by atoms with E-state index in [1.807, 2.05) is 18.2 Å². The minimum absolute atomic E-state index is 0.200. The van der Waals surface area contributed by atoms with Gasteiger partial charge < -0.3 is 9.88 Å². The number of amides is 1. The first-order valence-electron chi connectivity index (χ1n) is 7.11. The first kappa shape index (κ1) is 14.8. The summed E-state index contributed by atoms with van der Waals surface area (Å²) >= 11 is 0. The van der Waals surface area contributed by atoms with Crippen LogP contribution in [0.3, 0.4) is 0 Å². The summed E-state index contributed by atoms with van der Waals surface area (Å²) in [4.78, 5) is 40.3. The van der Waals surface area contributed by atoms with Crippen LogP contribution in [-0.4, -0.2) is 22.5 Å². The van der Waals surface area contributed by atoms with Crippen molar-refractivity contribution in [2.75, 3.05) is 11.9 Å². The zero-order chi connectivity index (χ0) is 16.4. The lowest BCUT2D eigenvalue weighted by Crippen LogP contribution is -2.40. The molecule has 6 heteroatoms. The molecule has 1 aromatic heterocycles. The lowest BCUT2D eigenvalue weighted by atomic mass is 10.2. The minimum atomic E-state index is -0.737. The van der Waals surface area contributed by atoms with E-state index in [0.717, 1.165) is 5.69 Å². The second-order valence-electron chi connectivity index (χ2n) is 5.15. The number of likely N-dealkylation sites (N-methyl/N-ethyl adjacent to an activating group) is 1. The van der Waals surface area contributed by atoms with Gasteiger partial charge in [-0.3, -0.25) is 19.0 Å². The van der Waals surface area contributed by atoms with E-state index in [2.05, 4.69) is 4.98 Å². The number of rotatable bonds is 3. The quantitative estimate of drug-likeness (QED) is 0.742. The molecule has 0 spiro atoms. The molecule has 1 heterocycles. The number of H-pyrrole nitrogens is 1. The molecule has 1 amide bonds. The highest BCUT2D eigenvalue weighted by atomic mass is 16.2. The number of nitrogens with one attached hydrogen (secondary N) is 1. The van der Waals surface area contributed by atoms with Crippen LogP contribution in [0.25, 0.3) is 11.0 Å². The molecule has 3 rings (SSSR count). The predicted octanol–water partition coefficient (Wildman–Crippen LogP) is 1.35. The van der Waals surface area contributed by atoms with Crippen molar-refractivity contribution in [3.05, 3.63) is 75.3 Å². The Balaban J connectivity index is 2.02. The monoisotopic (exact) mass is 309 g/mol. The lowest BCUT2D eigenvalue weighted by Gasteiger charge is -2.18. The molecule has 0 aliphatic heterocycles. The number of aromatic amines is 1. The summed E-state index contributed by atoms with van der Waals surface area (Å²) in [6.07, 6.45) is 0. The predicted molar refractivity (Wildman–Crippen MR) is 88.7 cm³/mol. The second kappa shape index (κ2) is 5.92. The van der Waals surface area contributed by atoms with E-state index in [4.69, 9.17) is 0 Å². The maximum absolute atomic E-state index is 12.5. The van der Waals surface area contributed by atoms with E-state index in [1.165, 1.54) is 9.47 Å². The zero-order valence-electron chi connectivity index (χ0n) is 12.5. The summed E-state index contributed by atoms with van der Waals surface area (Å²) in [7, 11) is 1.64. The molecular weight excluding hydrogens is 294 g/mol. The van der Waals surface area contributed by atoms with Crippen molar-refractivity contribution >= 4 is 22.6 Å². The van der Waals surface area contributed by atoms with Crippen molar-refractivity contribution in [2.24, 2.45) is 0 Å². The standard InChI is InChI=1S/C17H15N3O3/c1-19(12-7-3-2-4-8-12)15(21)11-20-14-10-6-5-9-13(14)18-16(22)17(20)23/h2-10H,11H2,1H3,(H,18,22). The molecule has 0 radical (unpaired) electrons. The highest BCUT2D eigenvalue weighted by Crippen LogP contribution is 2.12. The van der Waals surface area contributed by atoms with Gasteiger partial charge in [-0.05, 0) is 24.3 Å². The summed E-state index contributed by atoms with van der Waals surface area (Å²) in [6, 6.07) is 16.0. The van der Waals surface area contributed by atoms with Crippen molar-refractivity contribution in [3.8, 4) is 0 Å². The molecular formula is C17H15N3O3. The van der Waals surface area contributed by atoms with Crippen molar-refractivity contribution < 1.29 is 4.79 Å². The number of carbonyl (C=O) groups is 1. The number of para-hydroxylation sites is 3. The molecule has 3 aromatic rings. The Morgan fingerprint density at radius 2 is 1.70 bits per heavy atom. The van der Waals surface area contributed by atoms with E-state index in [0.29, 0.717) is 11.0 Å².